The molecule has 1 aliphatic rings. The molecule has 30 heavy (non-hydrogen) atoms. The molecule has 160 valence electrons. The largest absolute Gasteiger partial charge is 0.303 e. The maximum absolute atomic E-state index is 13.1. The summed E-state index contributed by atoms with van der Waals surface area (Å²) < 4.78 is 14.8. The summed E-state index contributed by atoms with van der Waals surface area (Å²) in [4.78, 5) is 33.2. The Morgan fingerprint density at radius 2 is 1.90 bits per heavy atom. The van der Waals surface area contributed by atoms with E-state index in [4.69, 9.17) is 0 Å². The van der Waals surface area contributed by atoms with E-state index in [2.05, 4.69) is 9.88 Å². The summed E-state index contributed by atoms with van der Waals surface area (Å²) in [7, 11) is 0. The lowest BCUT2D eigenvalue weighted by molar-refractivity contribution is 0.0647. The average Bonchev–Trinajstić information content (AvgIpc) is 3.18. The maximum atomic E-state index is 13.1. The number of ketones is 1. The second kappa shape index (κ2) is 8.96. The van der Waals surface area contributed by atoms with Crippen LogP contribution in [0.1, 0.15) is 41.4 Å². The van der Waals surface area contributed by atoms with Gasteiger partial charge in [-0.3, -0.25) is 14.0 Å². The first-order valence-corrected chi connectivity index (χ1v) is 10.7. The summed E-state index contributed by atoms with van der Waals surface area (Å²) in [5, 5.41) is 1.87. The number of hydrogen-bond donors (Lipinski definition) is 0. The number of hydrogen-bond acceptors (Lipinski definition) is 5. The number of thiazole rings is 1. The molecule has 0 amide bonds. The van der Waals surface area contributed by atoms with Gasteiger partial charge in [0.05, 0.1) is 0 Å². The van der Waals surface area contributed by atoms with E-state index in [0.29, 0.717) is 12.0 Å². The summed E-state index contributed by atoms with van der Waals surface area (Å²) >= 11 is 1.46. The van der Waals surface area contributed by atoms with Crippen LogP contribution in [0.25, 0.3) is 4.96 Å². The minimum atomic E-state index is -0.430. The van der Waals surface area contributed by atoms with Crippen LogP contribution in [0.2, 0.25) is 0 Å². The molecule has 5 nitrogen and oxygen atoms in total. The zero-order chi connectivity index (χ0) is 20.6. The number of halogens is 2. The van der Waals surface area contributed by atoms with Crippen molar-refractivity contribution in [3.63, 3.8) is 0 Å². The Labute approximate surface area is 185 Å². The van der Waals surface area contributed by atoms with Gasteiger partial charge in [0.25, 0.3) is 5.56 Å². The van der Waals surface area contributed by atoms with Crippen molar-refractivity contribution in [1.29, 1.82) is 0 Å². The average molecular weight is 450 g/mol. The van der Waals surface area contributed by atoms with E-state index in [1.165, 1.54) is 23.5 Å². The van der Waals surface area contributed by atoms with Crippen LogP contribution in [0.3, 0.4) is 0 Å². The van der Waals surface area contributed by atoms with Gasteiger partial charge in [0.2, 0.25) is 0 Å². The fraction of sp³-hybridized carbons (Fsp3) is 0.409. The lowest BCUT2D eigenvalue weighted by Crippen LogP contribution is -2.43. The molecule has 2 aromatic heterocycles. The number of fused-ring (bicyclic) bond motifs is 1. The third kappa shape index (κ3) is 4.33. The van der Waals surface area contributed by atoms with Crippen LogP contribution in [0, 0.1) is 18.2 Å². The van der Waals surface area contributed by atoms with Crippen LogP contribution in [0.4, 0.5) is 4.39 Å². The zero-order valence-corrected chi connectivity index (χ0v) is 18.7. The Hall–Kier alpha value is -2.09. The van der Waals surface area contributed by atoms with Gasteiger partial charge in [-0.05, 0) is 63.5 Å². The lowest BCUT2D eigenvalue weighted by Gasteiger charge is -2.38. The molecule has 1 saturated heterocycles. The second-order valence-corrected chi connectivity index (χ2v) is 8.90. The zero-order valence-electron chi connectivity index (χ0n) is 17.1. The molecule has 0 N–H and O–H groups in total. The number of carbonyl (C=O) groups is 1. The van der Waals surface area contributed by atoms with Crippen molar-refractivity contribution < 1.29 is 9.18 Å². The molecular formula is C22H25ClFN3O2S. The normalized spacial score (nSPS) is 16.4. The standard InChI is InChI=1S/C22H24FN3O2S.ClH/c1-15-18(20(28)26-13-14-29-21(26)24-15)7-10-25-11-8-22(2,9-12-25)19(27)16-3-5-17(23)6-4-16;/h3-6,13-14H,7-12H2,1-2H3;1H. The third-order valence-corrected chi connectivity index (χ3v) is 6.82. The van der Waals surface area contributed by atoms with E-state index in [9.17, 15) is 14.0 Å². The molecule has 0 unspecified atom stereocenters. The van der Waals surface area contributed by atoms with E-state index >= 15 is 0 Å². The molecule has 3 aromatic rings. The SMILES string of the molecule is Cc1nc2sccn2c(=O)c1CCN1CCC(C)(C(=O)c2ccc(F)cc2)CC1.Cl. The predicted octanol–water partition coefficient (Wildman–Crippen LogP) is 4.15. The summed E-state index contributed by atoms with van der Waals surface area (Å²) in [5.74, 6) is -0.249. The van der Waals surface area contributed by atoms with Crippen LogP contribution in [-0.4, -0.2) is 39.7 Å². The topological polar surface area (TPSA) is 54.7 Å². The highest BCUT2D eigenvalue weighted by Crippen LogP contribution is 2.34. The Morgan fingerprint density at radius 3 is 2.57 bits per heavy atom. The van der Waals surface area contributed by atoms with E-state index in [1.807, 2.05) is 19.2 Å². The van der Waals surface area contributed by atoms with Crippen LogP contribution >= 0.6 is 23.7 Å². The van der Waals surface area contributed by atoms with Crippen molar-refractivity contribution in [3.8, 4) is 0 Å². The Morgan fingerprint density at radius 1 is 1.23 bits per heavy atom. The first-order chi connectivity index (χ1) is 13.9. The van der Waals surface area contributed by atoms with Crippen molar-refractivity contribution in [2.24, 2.45) is 5.41 Å². The van der Waals surface area contributed by atoms with E-state index < -0.39 is 5.41 Å². The smallest absolute Gasteiger partial charge is 0.261 e. The number of Topliss-reactive ketones (excluding diaryl/α,β-unsaturated/α-hetero) is 1. The quantitative estimate of drug-likeness (QED) is 0.549. The summed E-state index contributed by atoms with van der Waals surface area (Å²) in [5.41, 5.74) is 1.71. The molecule has 0 aliphatic carbocycles. The predicted molar refractivity (Wildman–Crippen MR) is 120 cm³/mol. The van der Waals surface area contributed by atoms with Gasteiger partial charge < -0.3 is 4.90 Å². The van der Waals surface area contributed by atoms with E-state index in [0.717, 1.165) is 48.7 Å². The van der Waals surface area contributed by atoms with Gasteiger partial charge in [0.1, 0.15) is 5.82 Å². The molecule has 3 heterocycles. The fourth-order valence-corrected chi connectivity index (χ4v) is 4.77. The van der Waals surface area contributed by atoms with Gasteiger partial charge in [0, 0.05) is 40.4 Å². The van der Waals surface area contributed by atoms with Crippen molar-refractivity contribution in [1.82, 2.24) is 14.3 Å². The maximum Gasteiger partial charge on any atom is 0.261 e. The Balaban J connectivity index is 0.00000256. The minimum absolute atomic E-state index is 0. The summed E-state index contributed by atoms with van der Waals surface area (Å²) in [6.07, 6.45) is 3.93. The van der Waals surface area contributed by atoms with Crippen molar-refractivity contribution in [2.75, 3.05) is 19.6 Å². The van der Waals surface area contributed by atoms with Crippen LogP contribution in [0.15, 0.2) is 40.6 Å². The molecule has 1 fully saturated rings. The lowest BCUT2D eigenvalue weighted by atomic mass is 9.74. The number of aromatic nitrogens is 2. The van der Waals surface area contributed by atoms with Gasteiger partial charge in [-0.15, -0.1) is 23.7 Å². The Kier molecular flexibility index (Phi) is 6.75. The molecule has 0 bridgehead atoms. The highest BCUT2D eigenvalue weighted by atomic mass is 35.5. The van der Waals surface area contributed by atoms with E-state index in [1.54, 1.807) is 22.7 Å². The van der Waals surface area contributed by atoms with Crippen LogP contribution in [0.5, 0.6) is 0 Å². The van der Waals surface area contributed by atoms with Crippen molar-refractivity contribution in [2.45, 2.75) is 33.1 Å². The summed E-state index contributed by atoms with van der Waals surface area (Å²) in [6, 6.07) is 5.81. The molecule has 4 rings (SSSR count). The summed E-state index contributed by atoms with van der Waals surface area (Å²) in [6.45, 7) is 6.27. The van der Waals surface area contributed by atoms with Gasteiger partial charge in [0.15, 0.2) is 10.7 Å². The minimum Gasteiger partial charge on any atom is -0.303 e. The molecule has 8 heteroatoms. The third-order valence-electron chi connectivity index (χ3n) is 6.06. The van der Waals surface area contributed by atoms with E-state index in [-0.39, 0.29) is 29.6 Å². The van der Waals surface area contributed by atoms with Gasteiger partial charge in [-0.25, -0.2) is 9.37 Å². The number of benzene rings is 1. The van der Waals surface area contributed by atoms with Crippen LogP contribution in [-0.2, 0) is 6.42 Å². The van der Waals surface area contributed by atoms with Crippen LogP contribution < -0.4 is 5.56 Å². The number of aryl methyl sites for hydroxylation is 1. The number of rotatable bonds is 5. The number of nitrogens with zero attached hydrogens (tertiary/aromatic N) is 3. The number of likely N-dealkylation sites (tertiary alicyclic amines) is 1. The molecule has 0 saturated carbocycles. The molecular weight excluding hydrogens is 425 g/mol. The van der Waals surface area contributed by atoms with Crippen molar-refractivity contribution >= 4 is 34.5 Å². The van der Waals surface area contributed by atoms with Crippen molar-refractivity contribution in [3.05, 3.63) is 68.8 Å². The first kappa shape index (κ1) is 22.6. The molecule has 1 aromatic carbocycles. The molecule has 0 spiro atoms. The van der Waals surface area contributed by atoms with Gasteiger partial charge in [-0.2, -0.15) is 0 Å². The number of carbonyl (C=O) groups excluding carboxylic acids is 1. The highest BCUT2D eigenvalue weighted by molar-refractivity contribution is 7.15. The molecule has 1 aliphatic heterocycles. The first-order valence-electron chi connectivity index (χ1n) is 9.85. The molecule has 0 atom stereocenters. The Bertz CT molecular complexity index is 1100. The van der Waals surface area contributed by atoms with Gasteiger partial charge in [-0.1, -0.05) is 6.92 Å². The fourth-order valence-electron chi connectivity index (χ4n) is 4.02. The highest BCUT2D eigenvalue weighted by Gasteiger charge is 2.37. The number of piperidine rings is 1. The molecule has 0 radical (unpaired) electrons. The van der Waals surface area contributed by atoms with Gasteiger partial charge >= 0.3 is 0 Å². The second-order valence-electron chi connectivity index (χ2n) is 8.02. The monoisotopic (exact) mass is 449 g/mol.